The van der Waals surface area contributed by atoms with Crippen molar-refractivity contribution in [1.29, 1.82) is 0 Å². The van der Waals surface area contributed by atoms with Crippen LogP contribution in [0.15, 0.2) is 28.8 Å². The van der Waals surface area contributed by atoms with Crippen molar-refractivity contribution in [3.63, 3.8) is 0 Å². The first-order valence-corrected chi connectivity index (χ1v) is 5.23. The summed E-state index contributed by atoms with van der Waals surface area (Å²) in [5, 5.41) is 11.1. The molecule has 2 aromatic heterocycles. The second kappa shape index (κ2) is 4.85. The van der Waals surface area contributed by atoms with E-state index in [0.29, 0.717) is 30.1 Å². The first kappa shape index (κ1) is 10.8. The lowest BCUT2D eigenvalue weighted by atomic mass is 10.3. The number of aromatic nitrogens is 3. The largest absolute Gasteiger partial charge is 0.418 e. The van der Waals surface area contributed by atoms with Gasteiger partial charge in [-0.05, 0) is 12.1 Å². The molecule has 2 heterocycles. The van der Waals surface area contributed by atoms with Crippen molar-refractivity contribution in [2.45, 2.75) is 26.4 Å². The first-order chi connectivity index (χ1) is 7.75. The molecule has 0 saturated heterocycles. The zero-order valence-electron chi connectivity index (χ0n) is 9.34. The predicted molar refractivity (Wildman–Crippen MR) is 59.5 cm³/mol. The summed E-state index contributed by atoms with van der Waals surface area (Å²) in [6.45, 7) is 4.71. The van der Waals surface area contributed by atoms with Gasteiger partial charge >= 0.3 is 0 Å². The molecule has 84 valence electrons. The second-order valence-corrected chi connectivity index (χ2v) is 3.75. The molecule has 5 heteroatoms. The topological polar surface area (TPSA) is 63.8 Å². The number of nitrogens with zero attached hydrogens (tertiary/aromatic N) is 3. The zero-order chi connectivity index (χ0) is 11.4. The summed E-state index contributed by atoms with van der Waals surface area (Å²) in [6, 6.07) is 5.97. The highest BCUT2D eigenvalue weighted by molar-refractivity contribution is 5.44. The van der Waals surface area contributed by atoms with E-state index in [2.05, 4.69) is 34.3 Å². The van der Waals surface area contributed by atoms with Crippen molar-refractivity contribution in [2.24, 2.45) is 0 Å². The minimum atomic E-state index is 0.394. The van der Waals surface area contributed by atoms with Gasteiger partial charge < -0.3 is 9.73 Å². The van der Waals surface area contributed by atoms with E-state index in [-0.39, 0.29) is 0 Å². The normalized spacial score (nSPS) is 10.9. The van der Waals surface area contributed by atoms with Crippen molar-refractivity contribution in [3.8, 4) is 11.6 Å². The Labute approximate surface area is 93.9 Å². The van der Waals surface area contributed by atoms with E-state index >= 15 is 0 Å². The Morgan fingerprint density at radius 3 is 2.88 bits per heavy atom. The number of pyridine rings is 1. The van der Waals surface area contributed by atoms with E-state index in [1.54, 1.807) is 6.20 Å². The van der Waals surface area contributed by atoms with Gasteiger partial charge in [-0.2, -0.15) is 0 Å². The number of hydrogen-bond donors (Lipinski definition) is 1. The van der Waals surface area contributed by atoms with Gasteiger partial charge in [0, 0.05) is 12.2 Å². The summed E-state index contributed by atoms with van der Waals surface area (Å²) in [4.78, 5) is 4.14. The average molecular weight is 218 g/mol. The van der Waals surface area contributed by atoms with Crippen LogP contribution >= 0.6 is 0 Å². The molecule has 5 nitrogen and oxygen atoms in total. The van der Waals surface area contributed by atoms with Crippen molar-refractivity contribution >= 4 is 0 Å². The summed E-state index contributed by atoms with van der Waals surface area (Å²) in [6.07, 6.45) is 1.70. The third-order valence-corrected chi connectivity index (χ3v) is 2.01. The molecule has 0 fully saturated rings. The van der Waals surface area contributed by atoms with Gasteiger partial charge in [-0.3, -0.25) is 4.98 Å². The Hall–Kier alpha value is -1.75. The Bertz CT molecular complexity index is 438. The summed E-state index contributed by atoms with van der Waals surface area (Å²) < 4.78 is 5.47. The zero-order valence-corrected chi connectivity index (χ0v) is 9.34. The van der Waals surface area contributed by atoms with Gasteiger partial charge in [0.05, 0.1) is 6.54 Å². The summed E-state index contributed by atoms with van der Waals surface area (Å²) >= 11 is 0. The van der Waals surface area contributed by atoms with Crippen LogP contribution in [0.4, 0.5) is 0 Å². The highest BCUT2D eigenvalue weighted by Gasteiger charge is 2.08. The molecule has 2 rings (SSSR count). The third-order valence-electron chi connectivity index (χ3n) is 2.01. The standard InChI is InChI=1S/C11H14N4O/c1-8(2)13-7-10-14-15-11(16-10)9-5-3-4-6-12-9/h3-6,8,13H,7H2,1-2H3. The van der Waals surface area contributed by atoms with Crippen LogP contribution in [0, 0.1) is 0 Å². The number of nitrogens with one attached hydrogen (secondary N) is 1. The smallest absolute Gasteiger partial charge is 0.266 e. The predicted octanol–water partition coefficient (Wildman–Crippen LogP) is 1.63. The van der Waals surface area contributed by atoms with Crippen LogP contribution in [0.2, 0.25) is 0 Å². The maximum absolute atomic E-state index is 5.47. The minimum Gasteiger partial charge on any atom is -0.418 e. The second-order valence-electron chi connectivity index (χ2n) is 3.75. The molecular formula is C11H14N4O. The third kappa shape index (κ3) is 2.64. The van der Waals surface area contributed by atoms with Gasteiger partial charge in [0.1, 0.15) is 5.69 Å². The van der Waals surface area contributed by atoms with Crippen LogP contribution in [-0.4, -0.2) is 21.2 Å². The summed E-state index contributed by atoms with van der Waals surface area (Å²) in [5.41, 5.74) is 0.700. The molecule has 0 unspecified atom stereocenters. The average Bonchev–Trinajstić information content (AvgIpc) is 2.76. The summed E-state index contributed by atoms with van der Waals surface area (Å²) in [5.74, 6) is 1.04. The number of rotatable bonds is 4. The van der Waals surface area contributed by atoms with Crippen LogP contribution in [-0.2, 0) is 6.54 Å². The van der Waals surface area contributed by atoms with E-state index in [0.717, 1.165) is 0 Å². The lowest BCUT2D eigenvalue weighted by molar-refractivity contribution is 0.458. The van der Waals surface area contributed by atoms with E-state index < -0.39 is 0 Å². The van der Waals surface area contributed by atoms with E-state index in [1.807, 2.05) is 18.2 Å². The lowest BCUT2D eigenvalue weighted by Gasteiger charge is -2.03. The van der Waals surface area contributed by atoms with Crippen molar-refractivity contribution in [3.05, 3.63) is 30.3 Å². The highest BCUT2D eigenvalue weighted by Crippen LogP contribution is 2.13. The van der Waals surface area contributed by atoms with Crippen LogP contribution in [0.5, 0.6) is 0 Å². The minimum absolute atomic E-state index is 0.394. The molecule has 0 aromatic carbocycles. The fourth-order valence-corrected chi connectivity index (χ4v) is 1.21. The first-order valence-electron chi connectivity index (χ1n) is 5.23. The molecule has 0 aliphatic heterocycles. The molecule has 0 atom stereocenters. The maximum atomic E-state index is 5.47. The Morgan fingerprint density at radius 2 is 2.19 bits per heavy atom. The van der Waals surface area contributed by atoms with Crippen LogP contribution < -0.4 is 5.32 Å². The van der Waals surface area contributed by atoms with Gasteiger partial charge in [-0.25, -0.2) is 0 Å². The SMILES string of the molecule is CC(C)NCc1nnc(-c2ccccn2)o1. The highest BCUT2D eigenvalue weighted by atomic mass is 16.4. The van der Waals surface area contributed by atoms with Crippen molar-refractivity contribution in [2.75, 3.05) is 0 Å². The molecule has 2 aromatic rings. The van der Waals surface area contributed by atoms with Gasteiger partial charge in [-0.1, -0.05) is 19.9 Å². The van der Waals surface area contributed by atoms with Gasteiger partial charge in [0.15, 0.2) is 0 Å². The van der Waals surface area contributed by atoms with Crippen molar-refractivity contribution in [1.82, 2.24) is 20.5 Å². The van der Waals surface area contributed by atoms with E-state index in [9.17, 15) is 0 Å². The van der Waals surface area contributed by atoms with Gasteiger partial charge in [-0.15, -0.1) is 10.2 Å². The molecular weight excluding hydrogens is 204 g/mol. The maximum Gasteiger partial charge on any atom is 0.266 e. The molecule has 0 bridgehead atoms. The Morgan fingerprint density at radius 1 is 1.31 bits per heavy atom. The molecule has 0 aliphatic carbocycles. The van der Waals surface area contributed by atoms with E-state index in [4.69, 9.17) is 4.42 Å². The lowest BCUT2D eigenvalue weighted by Crippen LogP contribution is -2.21. The molecule has 0 amide bonds. The van der Waals surface area contributed by atoms with Crippen LogP contribution in [0.1, 0.15) is 19.7 Å². The molecule has 0 spiro atoms. The van der Waals surface area contributed by atoms with Crippen LogP contribution in [0.25, 0.3) is 11.6 Å². The molecule has 1 N–H and O–H groups in total. The fraction of sp³-hybridized carbons (Fsp3) is 0.364. The molecule has 16 heavy (non-hydrogen) atoms. The molecule has 0 radical (unpaired) electrons. The van der Waals surface area contributed by atoms with Crippen molar-refractivity contribution < 1.29 is 4.42 Å². The monoisotopic (exact) mass is 218 g/mol. The Balaban J connectivity index is 2.08. The van der Waals surface area contributed by atoms with Gasteiger partial charge in [0.25, 0.3) is 5.89 Å². The van der Waals surface area contributed by atoms with Crippen LogP contribution in [0.3, 0.4) is 0 Å². The van der Waals surface area contributed by atoms with Gasteiger partial charge in [0.2, 0.25) is 5.89 Å². The number of hydrogen-bond acceptors (Lipinski definition) is 5. The quantitative estimate of drug-likeness (QED) is 0.845. The molecule has 0 saturated carbocycles. The Kier molecular flexibility index (Phi) is 3.26. The summed E-state index contributed by atoms with van der Waals surface area (Å²) in [7, 11) is 0. The van der Waals surface area contributed by atoms with E-state index in [1.165, 1.54) is 0 Å². The fourth-order valence-electron chi connectivity index (χ4n) is 1.21. The molecule has 0 aliphatic rings.